The Hall–Kier alpha value is -4.39. The van der Waals surface area contributed by atoms with E-state index < -0.39 is 6.09 Å². The number of pyridine rings is 2. The molecular formula is C26H26N8O2. The van der Waals surface area contributed by atoms with E-state index in [2.05, 4.69) is 38.6 Å². The number of amides is 1. The summed E-state index contributed by atoms with van der Waals surface area (Å²) in [5.74, 6) is 0.932. The highest BCUT2D eigenvalue weighted by atomic mass is 16.4. The minimum atomic E-state index is -0.933. The van der Waals surface area contributed by atoms with Crippen molar-refractivity contribution in [3.05, 3.63) is 54.7 Å². The van der Waals surface area contributed by atoms with Crippen molar-refractivity contribution in [3.8, 4) is 28.3 Å². The first-order valence-corrected chi connectivity index (χ1v) is 12.0. The molecule has 182 valence electrons. The van der Waals surface area contributed by atoms with Gasteiger partial charge in [-0.3, -0.25) is 4.68 Å². The van der Waals surface area contributed by atoms with Crippen LogP contribution in [0.3, 0.4) is 0 Å². The van der Waals surface area contributed by atoms with Crippen LogP contribution in [-0.4, -0.2) is 54.7 Å². The quantitative estimate of drug-likeness (QED) is 0.455. The van der Waals surface area contributed by atoms with Crippen LogP contribution in [0.4, 0.5) is 10.6 Å². The number of fused-ring (bicyclic) bond motifs is 1. The van der Waals surface area contributed by atoms with Gasteiger partial charge < -0.3 is 15.3 Å². The molecule has 0 unspecified atom stereocenters. The minimum absolute atomic E-state index is 0.0903. The molecule has 2 fully saturated rings. The highest BCUT2D eigenvalue weighted by Crippen LogP contribution is 2.49. The Balaban J connectivity index is 1.24. The molecule has 0 aromatic carbocycles. The summed E-state index contributed by atoms with van der Waals surface area (Å²) in [6.07, 6.45) is 12.1. The number of hydrogen-bond acceptors (Lipinski definition) is 6. The van der Waals surface area contributed by atoms with E-state index in [9.17, 15) is 10.1 Å². The van der Waals surface area contributed by atoms with E-state index in [0.29, 0.717) is 5.56 Å². The van der Waals surface area contributed by atoms with Crippen LogP contribution in [-0.2, 0) is 7.05 Å². The topological polar surface area (TPSA) is 124 Å². The van der Waals surface area contributed by atoms with Crippen LogP contribution in [0.5, 0.6) is 0 Å². The van der Waals surface area contributed by atoms with Crippen molar-refractivity contribution in [1.82, 2.24) is 29.7 Å². The second kappa shape index (κ2) is 8.37. The van der Waals surface area contributed by atoms with Gasteiger partial charge in [0.15, 0.2) is 0 Å². The van der Waals surface area contributed by atoms with Gasteiger partial charge >= 0.3 is 6.09 Å². The number of anilines is 1. The fraction of sp³-hybridized carbons (Fsp3) is 0.346. The summed E-state index contributed by atoms with van der Waals surface area (Å²) in [6.45, 7) is 1.82. The second-order valence-electron chi connectivity index (χ2n) is 9.96. The molecule has 4 aromatic heterocycles. The monoisotopic (exact) mass is 482 g/mol. The summed E-state index contributed by atoms with van der Waals surface area (Å²) in [6, 6.07) is 8.50. The molecule has 0 radical (unpaired) electrons. The predicted molar refractivity (Wildman–Crippen MR) is 133 cm³/mol. The molecule has 0 bridgehead atoms. The van der Waals surface area contributed by atoms with Crippen molar-refractivity contribution >= 4 is 17.4 Å². The number of nitrogens with zero attached hydrogens (tertiary/aromatic N) is 7. The molecule has 5 heterocycles. The summed E-state index contributed by atoms with van der Waals surface area (Å²) >= 11 is 0. The van der Waals surface area contributed by atoms with Gasteiger partial charge in [-0.25, -0.2) is 14.3 Å². The number of hydrogen-bond donors (Lipinski definition) is 2. The number of carbonyl (C=O) groups is 1. The van der Waals surface area contributed by atoms with Crippen molar-refractivity contribution in [2.45, 2.75) is 31.7 Å². The Bertz CT molecular complexity index is 1480. The lowest BCUT2D eigenvalue weighted by molar-refractivity contribution is 0.0529. The van der Waals surface area contributed by atoms with E-state index in [1.807, 2.05) is 37.9 Å². The number of carboxylic acid groups (broad SMARTS) is 1. The maximum absolute atomic E-state index is 10.9. The van der Waals surface area contributed by atoms with E-state index in [1.165, 1.54) is 0 Å². The lowest BCUT2D eigenvalue weighted by Crippen LogP contribution is -2.54. The molecule has 10 nitrogen and oxygen atoms in total. The Kier molecular flexibility index (Phi) is 5.14. The Morgan fingerprint density at radius 2 is 1.92 bits per heavy atom. The van der Waals surface area contributed by atoms with E-state index in [4.69, 9.17) is 10.1 Å². The molecule has 4 aromatic rings. The van der Waals surface area contributed by atoms with Crippen molar-refractivity contribution in [1.29, 1.82) is 5.26 Å². The predicted octanol–water partition coefficient (Wildman–Crippen LogP) is 3.69. The summed E-state index contributed by atoms with van der Waals surface area (Å²) in [5.41, 5.74) is 5.28. The average molecular weight is 483 g/mol. The lowest BCUT2D eigenvalue weighted by Gasteiger charge is -2.52. The number of piperidine rings is 1. The third kappa shape index (κ3) is 3.82. The summed E-state index contributed by atoms with van der Waals surface area (Å²) in [7, 11) is 1.88. The van der Waals surface area contributed by atoms with E-state index >= 15 is 0 Å². The number of nitriles is 1. The largest absolute Gasteiger partial charge is 0.465 e. The van der Waals surface area contributed by atoms with Gasteiger partial charge in [0.2, 0.25) is 0 Å². The zero-order valence-corrected chi connectivity index (χ0v) is 19.9. The molecular weight excluding hydrogens is 456 g/mol. The molecule has 1 saturated heterocycles. The van der Waals surface area contributed by atoms with Gasteiger partial charge in [-0.15, -0.1) is 0 Å². The van der Waals surface area contributed by atoms with E-state index in [1.54, 1.807) is 15.4 Å². The smallest absolute Gasteiger partial charge is 0.404 e. The summed E-state index contributed by atoms with van der Waals surface area (Å²) in [4.78, 5) is 18.0. The second-order valence-corrected chi connectivity index (χ2v) is 9.96. The van der Waals surface area contributed by atoms with Gasteiger partial charge in [-0.05, 0) is 49.3 Å². The van der Waals surface area contributed by atoms with Gasteiger partial charge in [0.25, 0.3) is 0 Å². The van der Waals surface area contributed by atoms with E-state index in [0.717, 1.165) is 72.4 Å². The van der Waals surface area contributed by atoms with Gasteiger partial charge in [0, 0.05) is 67.0 Å². The summed E-state index contributed by atoms with van der Waals surface area (Å²) in [5, 5.41) is 29.9. The Morgan fingerprint density at radius 3 is 2.56 bits per heavy atom. The maximum atomic E-state index is 10.9. The van der Waals surface area contributed by atoms with Crippen LogP contribution >= 0.6 is 0 Å². The molecule has 1 aliphatic carbocycles. The van der Waals surface area contributed by atoms with Crippen LogP contribution in [0.1, 0.15) is 31.2 Å². The van der Waals surface area contributed by atoms with Crippen LogP contribution in [0.25, 0.3) is 27.8 Å². The molecule has 2 N–H and O–H groups in total. The number of nitrogens with one attached hydrogen (secondary N) is 1. The highest BCUT2D eigenvalue weighted by molar-refractivity contribution is 5.87. The Labute approximate surface area is 207 Å². The average Bonchev–Trinajstić information content (AvgIpc) is 3.49. The first-order chi connectivity index (χ1) is 17.4. The molecule has 0 atom stereocenters. The van der Waals surface area contributed by atoms with Crippen LogP contribution in [0.15, 0.2) is 49.2 Å². The van der Waals surface area contributed by atoms with Gasteiger partial charge in [-0.2, -0.15) is 15.5 Å². The van der Waals surface area contributed by atoms with Gasteiger partial charge in [0.05, 0.1) is 23.5 Å². The maximum Gasteiger partial charge on any atom is 0.404 e. The molecule has 36 heavy (non-hydrogen) atoms. The number of rotatable bonds is 4. The Morgan fingerprint density at radius 1 is 1.11 bits per heavy atom. The molecule has 1 spiro atoms. The van der Waals surface area contributed by atoms with Crippen LogP contribution in [0.2, 0.25) is 0 Å². The zero-order chi connectivity index (χ0) is 24.9. The lowest BCUT2D eigenvalue weighted by atomic mass is 9.60. The number of aryl methyl sites for hydroxylation is 1. The molecule has 1 aliphatic heterocycles. The summed E-state index contributed by atoms with van der Waals surface area (Å²) < 4.78 is 3.51. The molecule has 1 saturated carbocycles. The number of aromatic nitrogens is 5. The van der Waals surface area contributed by atoms with Crippen molar-refractivity contribution < 1.29 is 9.90 Å². The molecule has 1 amide bonds. The van der Waals surface area contributed by atoms with Gasteiger partial charge in [0.1, 0.15) is 11.9 Å². The molecule has 10 heteroatoms. The third-order valence-corrected chi connectivity index (χ3v) is 7.66. The first-order valence-electron chi connectivity index (χ1n) is 12.0. The fourth-order valence-electron chi connectivity index (χ4n) is 5.76. The van der Waals surface area contributed by atoms with Gasteiger partial charge in [-0.1, -0.05) is 0 Å². The standard InChI is InChI=1S/C26H26N8O2/c1-32-15-20(14-29-32)18-8-22(24-19(11-27)13-30-34(24)16-18)17-2-3-23(28-12-17)33-6-4-26(5-7-33)9-21(10-26)31-25(35)36/h2-3,8,12-16,21,31H,4-7,9-10H2,1H3,(H,35,36). The van der Waals surface area contributed by atoms with Crippen molar-refractivity contribution in [2.75, 3.05) is 18.0 Å². The zero-order valence-electron chi connectivity index (χ0n) is 19.9. The van der Waals surface area contributed by atoms with Crippen molar-refractivity contribution in [3.63, 3.8) is 0 Å². The highest BCUT2D eigenvalue weighted by Gasteiger charge is 2.46. The fourth-order valence-corrected chi connectivity index (χ4v) is 5.76. The minimum Gasteiger partial charge on any atom is -0.465 e. The SMILES string of the molecule is Cn1cc(-c2cc(-c3ccc(N4CCC5(CC4)CC(NC(=O)O)C5)nc3)c3c(C#N)cnn3c2)cn1. The molecule has 6 rings (SSSR count). The molecule has 2 aliphatic rings. The first kappa shape index (κ1) is 22.1. The third-order valence-electron chi connectivity index (χ3n) is 7.66. The van der Waals surface area contributed by atoms with Crippen LogP contribution < -0.4 is 10.2 Å². The van der Waals surface area contributed by atoms with Crippen molar-refractivity contribution in [2.24, 2.45) is 12.5 Å². The van der Waals surface area contributed by atoms with Crippen LogP contribution in [0, 0.1) is 16.7 Å². The van der Waals surface area contributed by atoms with E-state index in [-0.39, 0.29) is 11.5 Å². The normalized spacial score (nSPS) is 17.2.